The largest absolute Gasteiger partial charge is 0.339 e. The summed E-state index contributed by atoms with van der Waals surface area (Å²) in [5, 5.41) is 12.8. The van der Waals surface area contributed by atoms with Crippen LogP contribution in [0, 0.1) is 0 Å². The van der Waals surface area contributed by atoms with E-state index in [1.807, 2.05) is 12.4 Å². The van der Waals surface area contributed by atoms with Crippen molar-refractivity contribution in [3.8, 4) is 0 Å². The lowest BCUT2D eigenvalue weighted by atomic mass is 10.1. The van der Waals surface area contributed by atoms with Crippen LogP contribution in [-0.4, -0.2) is 32.2 Å². The van der Waals surface area contributed by atoms with Gasteiger partial charge in [-0.1, -0.05) is 102 Å². The zero-order valence-corrected chi connectivity index (χ0v) is 30.7. The maximum atomic E-state index is 4.86. The number of halogens is 1. The molecule has 0 aliphatic heterocycles. The molecule has 6 rings (SSSR count). The van der Waals surface area contributed by atoms with Gasteiger partial charge in [-0.15, -0.1) is 12.4 Å². The average Bonchev–Trinajstić information content (AvgIpc) is 3.63. The first-order valence-electron chi connectivity index (χ1n) is 18.9. The molecule has 7 heteroatoms. The highest BCUT2D eigenvalue weighted by atomic mass is 35.5. The predicted molar refractivity (Wildman–Crippen MR) is 212 cm³/mol. The van der Waals surface area contributed by atoms with Crippen molar-refractivity contribution >= 4 is 56.0 Å². The van der Waals surface area contributed by atoms with E-state index < -0.39 is 0 Å². The van der Waals surface area contributed by atoms with Crippen LogP contribution in [0.1, 0.15) is 102 Å². The monoisotopic (exact) mass is 680 g/mol. The molecule has 0 unspecified atom stereocenters. The smallest absolute Gasteiger partial charge is 0.0784 e. The third-order valence-corrected chi connectivity index (χ3v) is 10.0. The number of nitrogens with one attached hydrogen (secondary N) is 2. The first-order chi connectivity index (χ1) is 23.8. The molecule has 262 valence electrons. The lowest BCUT2D eigenvalue weighted by Crippen LogP contribution is -2.17. The Kier molecular flexibility index (Phi) is 14.3. The maximum absolute atomic E-state index is 4.86. The van der Waals surface area contributed by atoms with Crippen LogP contribution in [-0.2, 0) is 26.2 Å². The number of rotatable bonds is 21. The predicted octanol–water partition coefficient (Wildman–Crippen LogP) is 10.7. The normalized spacial score (nSPS) is 11.7. The number of hydrogen-bond donors (Lipinski definition) is 2. The maximum Gasteiger partial charge on any atom is 0.0784 e. The van der Waals surface area contributed by atoms with Gasteiger partial charge >= 0.3 is 0 Å². The number of nitrogens with zero attached hydrogens (tertiary/aromatic N) is 4. The van der Waals surface area contributed by atoms with Gasteiger partial charge in [-0.25, -0.2) is 0 Å². The van der Waals surface area contributed by atoms with Crippen LogP contribution in [0.3, 0.4) is 0 Å². The van der Waals surface area contributed by atoms with Gasteiger partial charge in [-0.2, -0.15) is 0 Å². The Morgan fingerprint density at radius 1 is 0.490 bits per heavy atom. The molecule has 0 fully saturated rings. The van der Waals surface area contributed by atoms with Gasteiger partial charge < -0.3 is 19.8 Å². The average molecular weight is 681 g/mol. The van der Waals surface area contributed by atoms with Crippen molar-refractivity contribution in [3.63, 3.8) is 0 Å². The standard InChI is InChI=1S/C42H56N6.ClH/c1-3-5-7-17-29-47-39-21-13-11-19-33(39)35-23-27-45-37(41(35)47)31-43-25-15-9-10-16-26-44-32-38-42-36(24-28-46-38)34-20-12-14-22-40(34)48(42)30-18-8-6-4-2;/h11-14,19-24,27-28,43-44H,3-10,15-18,25-26,29-32H2,1-2H3;1H. The van der Waals surface area contributed by atoms with E-state index in [9.17, 15) is 0 Å². The number of hydrogen-bond acceptors (Lipinski definition) is 4. The summed E-state index contributed by atoms with van der Waals surface area (Å²) in [5.41, 5.74) is 7.65. The summed E-state index contributed by atoms with van der Waals surface area (Å²) in [7, 11) is 0. The molecule has 2 N–H and O–H groups in total. The topological polar surface area (TPSA) is 59.7 Å². The molecule has 0 saturated heterocycles. The summed E-state index contributed by atoms with van der Waals surface area (Å²) in [5.74, 6) is 0. The molecule has 4 heterocycles. The summed E-state index contributed by atoms with van der Waals surface area (Å²) >= 11 is 0. The molecule has 6 nitrogen and oxygen atoms in total. The number of aryl methyl sites for hydroxylation is 2. The van der Waals surface area contributed by atoms with Gasteiger partial charge in [0.2, 0.25) is 0 Å². The van der Waals surface area contributed by atoms with Crippen LogP contribution in [0.2, 0.25) is 0 Å². The van der Waals surface area contributed by atoms with Crippen molar-refractivity contribution in [1.29, 1.82) is 0 Å². The Morgan fingerprint density at radius 2 is 0.918 bits per heavy atom. The minimum Gasteiger partial charge on any atom is -0.339 e. The second kappa shape index (κ2) is 19.1. The fraction of sp³-hybridized carbons (Fsp3) is 0.476. The van der Waals surface area contributed by atoms with Crippen LogP contribution in [0.5, 0.6) is 0 Å². The van der Waals surface area contributed by atoms with E-state index in [1.54, 1.807) is 0 Å². The molecule has 0 atom stereocenters. The summed E-state index contributed by atoms with van der Waals surface area (Å²) in [4.78, 5) is 9.72. The molecule has 0 bridgehead atoms. The van der Waals surface area contributed by atoms with Crippen LogP contribution in [0.15, 0.2) is 73.1 Å². The third-order valence-electron chi connectivity index (χ3n) is 10.0. The van der Waals surface area contributed by atoms with Crippen molar-refractivity contribution in [2.75, 3.05) is 13.1 Å². The zero-order valence-electron chi connectivity index (χ0n) is 29.9. The second-order valence-corrected chi connectivity index (χ2v) is 13.5. The summed E-state index contributed by atoms with van der Waals surface area (Å²) < 4.78 is 5.06. The highest BCUT2D eigenvalue weighted by Gasteiger charge is 2.16. The minimum atomic E-state index is 0. The summed E-state index contributed by atoms with van der Waals surface area (Å²) in [6, 6.07) is 22.1. The number of pyridine rings is 2. The molecule has 2 aromatic carbocycles. The van der Waals surface area contributed by atoms with Gasteiger partial charge in [-0.3, -0.25) is 9.97 Å². The van der Waals surface area contributed by atoms with E-state index in [1.165, 1.54) is 132 Å². The van der Waals surface area contributed by atoms with Crippen molar-refractivity contribution in [2.24, 2.45) is 0 Å². The van der Waals surface area contributed by atoms with Gasteiger partial charge in [0.1, 0.15) is 0 Å². The van der Waals surface area contributed by atoms with E-state index in [4.69, 9.17) is 9.97 Å². The molecule has 0 radical (unpaired) electrons. The number of unbranched alkanes of at least 4 members (excludes halogenated alkanes) is 9. The molecule has 6 aromatic rings. The zero-order chi connectivity index (χ0) is 33.0. The highest BCUT2D eigenvalue weighted by molar-refractivity contribution is 6.09. The van der Waals surface area contributed by atoms with Crippen molar-refractivity contribution in [1.82, 2.24) is 29.7 Å². The molecular weight excluding hydrogens is 624 g/mol. The van der Waals surface area contributed by atoms with Crippen LogP contribution < -0.4 is 10.6 Å². The number of aromatic nitrogens is 4. The van der Waals surface area contributed by atoms with Crippen LogP contribution >= 0.6 is 12.4 Å². The van der Waals surface area contributed by atoms with Crippen molar-refractivity contribution in [2.45, 2.75) is 117 Å². The molecule has 0 amide bonds. The fourth-order valence-electron chi connectivity index (χ4n) is 7.53. The van der Waals surface area contributed by atoms with Gasteiger partial charge in [0.25, 0.3) is 0 Å². The molecule has 0 aliphatic carbocycles. The van der Waals surface area contributed by atoms with E-state index in [-0.39, 0.29) is 12.4 Å². The summed E-state index contributed by atoms with van der Waals surface area (Å²) in [6.07, 6.45) is 19.0. The van der Waals surface area contributed by atoms with E-state index in [0.717, 1.165) is 39.3 Å². The lowest BCUT2D eigenvalue weighted by Gasteiger charge is -2.12. The first-order valence-corrected chi connectivity index (χ1v) is 18.9. The van der Waals surface area contributed by atoms with E-state index in [2.05, 4.69) is 94.3 Å². The van der Waals surface area contributed by atoms with Gasteiger partial charge in [0.05, 0.1) is 22.4 Å². The molecule has 49 heavy (non-hydrogen) atoms. The van der Waals surface area contributed by atoms with Crippen molar-refractivity contribution in [3.05, 3.63) is 84.4 Å². The highest BCUT2D eigenvalue weighted by Crippen LogP contribution is 2.32. The Balaban J connectivity index is 0.00000468. The van der Waals surface area contributed by atoms with Crippen molar-refractivity contribution < 1.29 is 0 Å². The van der Waals surface area contributed by atoms with Gasteiger partial charge in [0.15, 0.2) is 0 Å². The molecule has 0 saturated carbocycles. The molecule has 4 aromatic heterocycles. The molecular formula is C42H57ClN6. The lowest BCUT2D eigenvalue weighted by molar-refractivity contribution is 0.558. The minimum absolute atomic E-state index is 0. The van der Waals surface area contributed by atoms with E-state index in [0.29, 0.717) is 0 Å². The third kappa shape index (κ3) is 8.83. The van der Waals surface area contributed by atoms with Gasteiger partial charge in [-0.05, 0) is 63.0 Å². The first kappa shape index (κ1) is 36.8. The number of benzene rings is 2. The molecule has 0 spiro atoms. The van der Waals surface area contributed by atoms with Crippen LogP contribution in [0.4, 0.5) is 0 Å². The quantitative estimate of drug-likeness (QED) is 0.0743. The Morgan fingerprint density at radius 3 is 1.37 bits per heavy atom. The van der Waals surface area contributed by atoms with Gasteiger partial charge in [0, 0.05) is 71.2 Å². The second-order valence-electron chi connectivity index (χ2n) is 13.5. The summed E-state index contributed by atoms with van der Waals surface area (Å²) in [6.45, 7) is 10.4. The molecule has 0 aliphatic rings. The number of fused-ring (bicyclic) bond motifs is 6. The Hall–Kier alpha value is -3.45. The van der Waals surface area contributed by atoms with Crippen LogP contribution in [0.25, 0.3) is 43.6 Å². The number of para-hydroxylation sites is 2. The SMILES string of the molecule is CCCCCCn1c2ccccc2c2ccnc(CNCCCCCCNCc3nccc4c5ccccc5n(CCCCCC)c34)c21.Cl. The Labute approximate surface area is 299 Å². The van der Waals surface area contributed by atoms with E-state index >= 15 is 0 Å². The Bertz CT molecular complexity index is 1750. The fourth-order valence-corrected chi connectivity index (χ4v) is 7.53.